The van der Waals surface area contributed by atoms with E-state index in [1.165, 1.54) is 32.6 Å². The largest absolute Gasteiger partial charge is 0.480 e. The summed E-state index contributed by atoms with van der Waals surface area (Å²) in [5.74, 6) is 0.373. The molecular weight excluding hydrogens is 250 g/mol. The normalized spacial score (nSPS) is 25.4. The average molecular weight is 273 g/mol. The molecule has 4 nitrogen and oxygen atoms in total. The lowest BCUT2D eigenvalue weighted by atomic mass is 9.91. The van der Waals surface area contributed by atoms with Crippen LogP contribution in [-0.2, 0) is 9.59 Å². The number of thioether (sulfide) groups is 1. The van der Waals surface area contributed by atoms with E-state index < -0.39 is 12.0 Å². The molecule has 1 saturated carbocycles. The fraction of sp³-hybridized carbons (Fsp3) is 0.846. The van der Waals surface area contributed by atoms with Crippen molar-refractivity contribution in [3.8, 4) is 0 Å². The molecule has 3 unspecified atom stereocenters. The second-order valence-electron chi connectivity index (χ2n) is 5.14. The van der Waals surface area contributed by atoms with Crippen molar-refractivity contribution in [1.82, 2.24) is 5.32 Å². The predicted octanol–water partition coefficient (Wildman–Crippen LogP) is 2.28. The topological polar surface area (TPSA) is 66.4 Å². The van der Waals surface area contributed by atoms with Gasteiger partial charge in [0.1, 0.15) is 6.04 Å². The van der Waals surface area contributed by atoms with Crippen LogP contribution in [-0.4, -0.2) is 34.0 Å². The van der Waals surface area contributed by atoms with Crippen LogP contribution >= 0.6 is 11.8 Å². The Morgan fingerprint density at radius 1 is 1.44 bits per heavy atom. The van der Waals surface area contributed by atoms with Crippen LogP contribution in [0, 0.1) is 5.92 Å². The molecule has 0 heterocycles. The van der Waals surface area contributed by atoms with Crippen LogP contribution in [0.1, 0.15) is 46.0 Å². The first kappa shape index (κ1) is 15.3. The van der Waals surface area contributed by atoms with E-state index in [4.69, 9.17) is 5.11 Å². The van der Waals surface area contributed by atoms with Crippen molar-refractivity contribution >= 4 is 23.6 Å². The van der Waals surface area contributed by atoms with Gasteiger partial charge < -0.3 is 10.4 Å². The first-order chi connectivity index (χ1) is 8.49. The third-order valence-corrected chi connectivity index (χ3v) is 4.69. The average Bonchev–Trinajstić information content (AvgIpc) is 2.27. The van der Waals surface area contributed by atoms with E-state index in [9.17, 15) is 9.59 Å². The highest BCUT2D eigenvalue weighted by Crippen LogP contribution is 2.32. The van der Waals surface area contributed by atoms with Gasteiger partial charge in [0.2, 0.25) is 5.91 Å². The maximum absolute atomic E-state index is 10.9. The second-order valence-corrected chi connectivity index (χ2v) is 6.55. The molecule has 1 fully saturated rings. The van der Waals surface area contributed by atoms with Gasteiger partial charge in [0, 0.05) is 12.2 Å². The SMILES string of the molecule is CC(=O)NC(CCSC1CCCC(C)C1)C(=O)O. The van der Waals surface area contributed by atoms with Crippen LogP contribution in [0.3, 0.4) is 0 Å². The lowest BCUT2D eigenvalue weighted by Gasteiger charge is -2.26. The number of hydrogen-bond donors (Lipinski definition) is 2. The summed E-state index contributed by atoms with van der Waals surface area (Å²) in [6.45, 7) is 3.63. The molecule has 3 atom stereocenters. The fourth-order valence-electron chi connectivity index (χ4n) is 2.39. The standard InChI is InChI=1S/C13H23NO3S/c1-9-4-3-5-11(8-9)18-7-6-12(13(16)17)14-10(2)15/h9,11-12H,3-8H2,1-2H3,(H,14,15)(H,16,17). The Labute approximate surface area is 113 Å². The maximum atomic E-state index is 10.9. The molecule has 2 N–H and O–H groups in total. The number of nitrogens with one attached hydrogen (secondary N) is 1. The Balaban J connectivity index is 2.25. The fourth-order valence-corrected chi connectivity index (χ4v) is 3.89. The van der Waals surface area contributed by atoms with E-state index in [-0.39, 0.29) is 5.91 Å². The molecule has 0 saturated heterocycles. The molecule has 0 radical (unpaired) electrons. The minimum atomic E-state index is -0.942. The van der Waals surface area contributed by atoms with Gasteiger partial charge in [-0.2, -0.15) is 11.8 Å². The van der Waals surface area contributed by atoms with Gasteiger partial charge in [-0.1, -0.05) is 19.8 Å². The molecule has 0 aliphatic heterocycles. The molecule has 5 heteroatoms. The van der Waals surface area contributed by atoms with Crippen LogP contribution in [0.2, 0.25) is 0 Å². The van der Waals surface area contributed by atoms with Gasteiger partial charge in [-0.05, 0) is 30.9 Å². The summed E-state index contributed by atoms with van der Waals surface area (Å²) in [6.07, 6.45) is 5.59. The van der Waals surface area contributed by atoms with Crippen molar-refractivity contribution < 1.29 is 14.7 Å². The van der Waals surface area contributed by atoms with E-state index in [0.29, 0.717) is 11.7 Å². The van der Waals surface area contributed by atoms with Crippen molar-refractivity contribution in [1.29, 1.82) is 0 Å². The van der Waals surface area contributed by atoms with Gasteiger partial charge in [0.05, 0.1) is 0 Å². The number of hydrogen-bond acceptors (Lipinski definition) is 3. The van der Waals surface area contributed by atoms with Crippen molar-refractivity contribution in [3.63, 3.8) is 0 Å². The highest BCUT2D eigenvalue weighted by atomic mass is 32.2. The molecule has 0 bridgehead atoms. The third-order valence-electron chi connectivity index (χ3n) is 3.32. The molecule has 18 heavy (non-hydrogen) atoms. The van der Waals surface area contributed by atoms with E-state index >= 15 is 0 Å². The number of aliphatic carboxylic acids is 1. The smallest absolute Gasteiger partial charge is 0.326 e. The second kappa shape index (κ2) is 7.67. The van der Waals surface area contributed by atoms with Crippen molar-refractivity contribution in [2.45, 2.75) is 57.2 Å². The van der Waals surface area contributed by atoms with Gasteiger partial charge >= 0.3 is 5.97 Å². The number of amides is 1. The van der Waals surface area contributed by atoms with Crippen molar-refractivity contribution in [3.05, 3.63) is 0 Å². The highest BCUT2D eigenvalue weighted by molar-refractivity contribution is 7.99. The minimum absolute atomic E-state index is 0.279. The van der Waals surface area contributed by atoms with Gasteiger partial charge in [0.25, 0.3) is 0 Å². The highest BCUT2D eigenvalue weighted by Gasteiger charge is 2.21. The summed E-state index contributed by atoms with van der Waals surface area (Å²) < 4.78 is 0. The predicted molar refractivity (Wildman–Crippen MR) is 73.7 cm³/mol. The summed E-state index contributed by atoms with van der Waals surface area (Å²) in [5.41, 5.74) is 0. The summed E-state index contributed by atoms with van der Waals surface area (Å²) in [5, 5.41) is 12.1. The van der Waals surface area contributed by atoms with Gasteiger partial charge in [0.15, 0.2) is 0 Å². The quantitative estimate of drug-likeness (QED) is 0.779. The van der Waals surface area contributed by atoms with Crippen LogP contribution < -0.4 is 5.32 Å². The van der Waals surface area contributed by atoms with E-state index in [0.717, 1.165) is 11.7 Å². The third kappa shape index (κ3) is 5.76. The summed E-state index contributed by atoms with van der Waals surface area (Å²) in [6, 6.07) is -0.740. The van der Waals surface area contributed by atoms with Crippen molar-refractivity contribution in [2.24, 2.45) is 5.92 Å². The Kier molecular flexibility index (Phi) is 6.54. The monoisotopic (exact) mass is 273 g/mol. The Hall–Kier alpha value is -0.710. The number of rotatable bonds is 6. The summed E-state index contributed by atoms with van der Waals surface area (Å²) in [7, 11) is 0. The zero-order chi connectivity index (χ0) is 13.5. The van der Waals surface area contributed by atoms with E-state index in [1.54, 1.807) is 0 Å². The minimum Gasteiger partial charge on any atom is -0.480 e. The first-order valence-corrected chi connectivity index (χ1v) is 7.65. The molecule has 0 aromatic rings. The zero-order valence-electron chi connectivity index (χ0n) is 11.1. The molecule has 1 aliphatic rings. The molecule has 0 spiro atoms. The van der Waals surface area contributed by atoms with E-state index in [2.05, 4.69) is 12.2 Å². The molecule has 1 amide bonds. The summed E-state index contributed by atoms with van der Waals surface area (Å²) >= 11 is 1.86. The van der Waals surface area contributed by atoms with Gasteiger partial charge in [-0.25, -0.2) is 4.79 Å². The number of carbonyl (C=O) groups excluding carboxylic acids is 1. The lowest BCUT2D eigenvalue weighted by molar-refractivity contribution is -0.141. The Morgan fingerprint density at radius 3 is 2.72 bits per heavy atom. The van der Waals surface area contributed by atoms with Crippen LogP contribution in [0.4, 0.5) is 0 Å². The molecule has 0 aromatic heterocycles. The molecule has 1 aliphatic carbocycles. The van der Waals surface area contributed by atoms with Gasteiger partial charge in [-0.15, -0.1) is 0 Å². The molecular formula is C13H23NO3S. The molecule has 1 rings (SSSR count). The first-order valence-electron chi connectivity index (χ1n) is 6.60. The zero-order valence-corrected chi connectivity index (χ0v) is 12.0. The Bertz CT molecular complexity index is 296. The number of carboxylic acid groups (broad SMARTS) is 1. The van der Waals surface area contributed by atoms with E-state index in [1.807, 2.05) is 11.8 Å². The lowest BCUT2D eigenvalue weighted by Crippen LogP contribution is -2.40. The molecule has 0 aromatic carbocycles. The maximum Gasteiger partial charge on any atom is 0.326 e. The number of carbonyl (C=O) groups is 2. The van der Waals surface area contributed by atoms with Gasteiger partial charge in [-0.3, -0.25) is 4.79 Å². The van der Waals surface area contributed by atoms with Crippen LogP contribution in [0.15, 0.2) is 0 Å². The Morgan fingerprint density at radius 2 is 2.17 bits per heavy atom. The van der Waals surface area contributed by atoms with Crippen LogP contribution in [0.25, 0.3) is 0 Å². The molecule has 104 valence electrons. The van der Waals surface area contributed by atoms with Crippen molar-refractivity contribution in [2.75, 3.05) is 5.75 Å². The van der Waals surface area contributed by atoms with Crippen LogP contribution in [0.5, 0.6) is 0 Å². The number of carboxylic acids is 1. The summed E-state index contributed by atoms with van der Waals surface area (Å²) in [4.78, 5) is 21.8.